The minimum Gasteiger partial charge on any atom is -0.497 e. The van der Waals surface area contributed by atoms with E-state index in [0.29, 0.717) is 35.2 Å². The molecule has 1 unspecified atom stereocenters. The Bertz CT molecular complexity index is 1480. The molecule has 0 radical (unpaired) electrons. The summed E-state index contributed by atoms with van der Waals surface area (Å²) in [7, 11) is 8.61. The van der Waals surface area contributed by atoms with Crippen molar-refractivity contribution in [3.63, 3.8) is 0 Å². The van der Waals surface area contributed by atoms with E-state index in [4.69, 9.17) is 9.47 Å². The lowest BCUT2D eigenvalue weighted by molar-refractivity contribution is -0.119. The smallest absolute Gasteiger partial charge is 0.322 e. The zero-order valence-corrected chi connectivity index (χ0v) is 22.1. The Kier molecular flexibility index (Phi) is 7.90. The minimum absolute atomic E-state index is 0.0777. The van der Waals surface area contributed by atoms with Crippen LogP contribution >= 0.6 is 0 Å². The molecule has 12 heteroatoms. The first-order valence-electron chi connectivity index (χ1n) is 11.8. The van der Waals surface area contributed by atoms with Crippen LogP contribution in [0.15, 0.2) is 42.7 Å². The Labute approximate surface area is 225 Å². The number of fused-ring (bicyclic) bond motifs is 1. The number of hydrogen-bond acceptors (Lipinski definition) is 9. The van der Waals surface area contributed by atoms with E-state index in [2.05, 4.69) is 37.4 Å². The molecule has 0 saturated carbocycles. The van der Waals surface area contributed by atoms with Gasteiger partial charge in [-0.25, -0.2) is 19.7 Å². The number of rotatable bonds is 4. The molecule has 0 aliphatic carbocycles. The average Bonchev–Trinajstić information content (AvgIpc) is 3.42. The maximum atomic E-state index is 11.6. The van der Waals surface area contributed by atoms with Gasteiger partial charge in [-0.1, -0.05) is 12.0 Å². The van der Waals surface area contributed by atoms with E-state index in [1.807, 2.05) is 26.2 Å². The van der Waals surface area contributed by atoms with Crippen LogP contribution in [0.3, 0.4) is 0 Å². The molecule has 0 spiro atoms. The van der Waals surface area contributed by atoms with Crippen LogP contribution in [0.4, 0.5) is 10.7 Å². The van der Waals surface area contributed by atoms with Crippen LogP contribution in [-0.2, 0) is 11.3 Å². The van der Waals surface area contributed by atoms with Gasteiger partial charge in [0.2, 0.25) is 5.95 Å². The normalized spacial score (nSPS) is 15.3. The van der Waals surface area contributed by atoms with Gasteiger partial charge in [-0.3, -0.25) is 14.9 Å². The molecular formula is C27H27N7O5. The topological polar surface area (TPSA) is 139 Å². The predicted octanol–water partition coefficient (Wildman–Crippen LogP) is 1.45. The van der Waals surface area contributed by atoms with Crippen molar-refractivity contribution in [2.45, 2.75) is 12.6 Å². The standard InChI is InChI=1S/C17H16N6O3.C10H11NO2/c1-23(2)16-18-8-10(9-19-16)11-6-7-14(26-3)12(20-11)4-5-13-15(24)22-17(25)21-13;1-11-6-7-3-4-8(13-2)5-9(7)10(11)12/h6-9,13H,1-3H3,(H2,21,22,24,25);3-5H,6H2,1-2H3. The van der Waals surface area contributed by atoms with Crippen molar-refractivity contribution in [3.8, 4) is 34.6 Å². The summed E-state index contributed by atoms with van der Waals surface area (Å²) in [5.74, 6) is 6.83. The highest BCUT2D eigenvalue weighted by molar-refractivity contribution is 6.05. The van der Waals surface area contributed by atoms with Crippen molar-refractivity contribution >= 4 is 23.8 Å². The number of pyridine rings is 1. The highest BCUT2D eigenvalue weighted by Crippen LogP contribution is 2.25. The van der Waals surface area contributed by atoms with E-state index in [9.17, 15) is 14.4 Å². The molecule has 2 aliphatic heterocycles. The summed E-state index contributed by atoms with van der Waals surface area (Å²) in [5, 5.41) is 4.53. The van der Waals surface area contributed by atoms with Crippen LogP contribution in [0, 0.1) is 11.8 Å². The number of benzene rings is 1. The van der Waals surface area contributed by atoms with Gasteiger partial charge in [0.15, 0.2) is 17.5 Å². The van der Waals surface area contributed by atoms with Crippen LogP contribution < -0.4 is 25.0 Å². The van der Waals surface area contributed by atoms with Gasteiger partial charge in [-0.2, -0.15) is 0 Å². The van der Waals surface area contributed by atoms with Gasteiger partial charge < -0.3 is 24.6 Å². The molecule has 2 N–H and O–H groups in total. The number of anilines is 1. The third-order valence-electron chi connectivity index (χ3n) is 5.82. The number of amides is 4. The SMILES string of the molecule is COc1ccc(-c2cnc(N(C)C)nc2)nc1C#CC1NC(=O)NC1=O.COc1ccc2c(c1)C(=O)N(C)C2. The van der Waals surface area contributed by atoms with Crippen LogP contribution in [0.1, 0.15) is 21.6 Å². The number of carbonyl (C=O) groups excluding carboxylic acids is 3. The lowest BCUT2D eigenvalue weighted by Gasteiger charge is -2.10. The fourth-order valence-corrected chi connectivity index (χ4v) is 3.76. The molecular weight excluding hydrogens is 502 g/mol. The second kappa shape index (κ2) is 11.5. The van der Waals surface area contributed by atoms with Gasteiger partial charge in [0.05, 0.1) is 19.9 Å². The van der Waals surface area contributed by atoms with Crippen LogP contribution in [0.25, 0.3) is 11.3 Å². The Balaban J connectivity index is 0.000000226. The van der Waals surface area contributed by atoms with E-state index in [1.165, 1.54) is 7.11 Å². The first-order chi connectivity index (χ1) is 18.7. The molecule has 200 valence electrons. The second-order valence-corrected chi connectivity index (χ2v) is 8.76. The highest BCUT2D eigenvalue weighted by atomic mass is 16.5. The van der Waals surface area contributed by atoms with Crippen molar-refractivity contribution in [3.05, 3.63) is 59.5 Å². The largest absolute Gasteiger partial charge is 0.497 e. The third-order valence-corrected chi connectivity index (χ3v) is 5.82. The van der Waals surface area contributed by atoms with E-state index in [1.54, 1.807) is 54.6 Å². The van der Waals surface area contributed by atoms with Crippen molar-refractivity contribution < 1.29 is 23.9 Å². The predicted molar refractivity (Wildman–Crippen MR) is 142 cm³/mol. The van der Waals surface area contributed by atoms with Gasteiger partial charge in [0.1, 0.15) is 5.75 Å². The molecule has 3 aromatic rings. The van der Waals surface area contributed by atoms with Gasteiger partial charge in [0.25, 0.3) is 11.8 Å². The van der Waals surface area contributed by atoms with Crippen LogP contribution in [0.5, 0.6) is 11.5 Å². The molecule has 12 nitrogen and oxygen atoms in total. The Morgan fingerprint density at radius 1 is 1.05 bits per heavy atom. The monoisotopic (exact) mass is 529 g/mol. The minimum atomic E-state index is -0.916. The number of aromatic nitrogens is 3. The van der Waals surface area contributed by atoms with Crippen molar-refractivity contribution in [1.82, 2.24) is 30.5 Å². The quantitative estimate of drug-likeness (QED) is 0.380. The van der Waals surface area contributed by atoms with E-state index in [0.717, 1.165) is 16.9 Å². The number of carbonyl (C=O) groups is 3. The third kappa shape index (κ3) is 6.04. The first kappa shape index (κ1) is 26.9. The molecule has 1 aromatic carbocycles. The fraction of sp³-hybridized carbons (Fsp3) is 0.259. The molecule has 5 rings (SSSR count). The zero-order chi connectivity index (χ0) is 28.1. The average molecular weight is 530 g/mol. The molecule has 1 atom stereocenters. The van der Waals surface area contributed by atoms with E-state index >= 15 is 0 Å². The summed E-state index contributed by atoms with van der Waals surface area (Å²) in [6.45, 7) is 0.707. The molecule has 1 saturated heterocycles. The maximum Gasteiger partial charge on any atom is 0.322 e. The summed E-state index contributed by atoms with van der Waals surface area (Å²) < 4.78 is 10.3. The summed E-state index contributed by atoms with van der Waals surface area (Å²) in [6, 6.07) is 7.62. The number of nitrogens with one attached hydrogen (secondary N) is 2. The zero-order valence-electron chi connectivity index (χ0n) is 22.1. The lowest BCUT2D eigenvalue weighted by Crippen LogP contribution is -2.26. The Hall–Kier alpha value is -5.18. The molecule has 1 fully saturated rings. The van der Waals surface area contributed by atoms with Gasteiger partial charge in [-0.15, -0.1) is 0 Å². The van der Waals surface area contributed by atoms with Crippen molar-refractivity contribution in [2.75, 3.05) is 40.3 Å². The lowest BCUT2D eigenvalue weighted by atomic mass is 10.1. The first-order valence-corrected chi connectivity index (χ1v) is 11.8. The van der Waals surface area contributed by atoms with Gasteiger partial charge >= 0.3 is 6.03 Å². The molecule has 2 aromatic heterocycles. The maximum absolute atomic E-state index is 11.6. The summed E-state index contributed by atoms with van der Waals surface area (Å²) in [4.78, 5) is 50.7. The van der Waals surface area contributed by atoms with Crippen molar-refractivity contribution in [2.24, 2.45) is 0 Å². The number of hydrogen-bond donors (Lipinski definition) is 2. The van der Waals surface area contributed by atoms with E-state index < -0.39 is 18.0 Å². The number of urea groups is 1. The number of nitrogens with zero attached hydrogens (tertiary/aromatic N) is 5. The number of imide groups is 1. The summed E-state index contributed by atoms with van der Waals surface area (Å²) in [6.07, 6.45) is 3.33. The number of ether oxygens (including phenoxy) is 2. The molecule has 39 heavy (non-hydrogen) atoms. The van der Waals surface area contributed by atoms with Gasteiger partial charge in [0, 0.05) is 51.2 Å². The molecule has 4 amide bonds. The second-order valence-electron chi connectivity index (χ2n) is 8.76. The summed E-state index contributed by atoms with van der Waals surface area (Å²) >= 11 is 0. The highest BCUT2D eigenvalue weighted by Gasteiger charge is 2.27. The number of methoxy groups -OCH3 is 2. The van der Waals surface area contributed by atoms with Crippen LogP contribution in [-0.4, -0.2) is 79.1 Å². The molecule has 0 bridgehead atoms. The van der Waals surface area contributed by atoms with Gasteiger partial charge in [-0.05, 0) is 35.7 Å². The van der Waals surface area contributed by atoms with Crippen molar-refractivity contribution in [1.29, 1.82) is 0 Å². The molecule has 4 heterocycles. The Morgan fingerprint density at radius 2 is 1.79 bits per heavy atom. The summed E-state index contributed by atoms with van der Waals surface area (Å²) in [5.41, 5.74) is 3.51. The van der Waals surface area contributed by atoms with E-state index in [-0.39, 0.29) is 5.91 Å². The Morgan fingerprint density at radius 3 is 2.41 bits per heavy atom. The molecule has 2 aliphatic rings. The van der Waals surface area contributed by atoms with Crippen LogP contribution in [0.2, 0.25) is 0 Å². The fourth-order valence-electron chi connectivity index (χ4n) is 3.76.